The van der Waals surface area contributed by atoms with E-state index < -0.39 is 5.97 Å². The summed E-state index contributed by atoms with van der Waals surface area (Å²) in [6.07, 6.45) is 1.23. The Morgan fingerprint density at radius 2 is 0.609 bits per heavy atom. The molecule has 0 atom stereocenters. The Balaban J connectivity index is 3.09. The average Bonchev–Trinajstić information content (AvgIpc) is 3.05. The van der Waals surface area contributed by atoms with Crippen LogP contribution in [0.25, 0.3) is 0 Å². The van der Waals surface area contributed by atoms with Crippen LogP contribution in [-0.4, -0.2) is 176 Å². The molecule has 0 saturated heterocycles. The first-order chi connectivity index (χ1) is 22.7. The summed E-state index contributed by atoms with van der Waals surface area (Å²) < 4.78 is 64.4. The van der Waals surface area contributed by atoms with Crippen molar-refractivity contribution < 1.29 is 71.5 Å². The highest BCUT2D eigenvalue weighted by molar-refractivity contribution is 5.69. The lowest BCUT2D eigenvalue weighted by Crippen LogP contribution is -2.16. The number of unbranched alkanes of at least 4 members (excludes halogenated alkanes) is 1. The molecule has 3 N–H and O–H groups in total. The van der Waals surface area contributed by atoms with Gasteiger partial charge in [0, 0.05) is 19.4 Å². The molecule has 0 aromatic rings. The molecule has 0 rings (SSSR count). The molecule has 0 radical (unpaired) electrons. The molecule has 46 heavy (non-hydrogen) atoms. The van der Waals surface area contributed by atoms with Gasteiger partial charge in [0.25, 0.3) is 0 Å². The predicted octanol–water partition coefficient (Wildman–Crippen LogP) is 0.316. The van der Waals surface area contributed by atoms with Crippen LogP contribution in [0, 0.1) is 0 Å². The smallest absolute Gasteiger partial charge is 0.305 e. The predicted molar refractivity (Wildman–Crippen MR) is 165 cm³/mol. The van der Waals surface area contributed by atoms with Gasteiger partial charge in [-0.25, -0.2) is 0 Å². The second-order valence-electron chi connectivity index (χ2n) is 9.35. The zero-order valence-corrected chi connectivity index (χ0v) is 27.5. The molecule has 0 aliphatic rings. The van der Waals surface area contributed by atoms with E-state index in [0.717, 1.165) is 0 Å². The fraction of sp³-hybridized carbons (Fsp3) is 0.933. The number of rotatable bonds is 40. The lowest BCUT2D eigenvalue weighted by atomic mass is 10.2. The van der Waals surface area contributed by atoms with E-state index in [2.05, 4.69) is 0 Å². The average molecular weight is 674 g/mol. The number of nitrogens with two attached hydrogens (primary N) is 1. The molecule has 0 unspecified atom stereocenters. The fourth-order valence-corrected chi connectivity index (χ4v) is 3.22. The van der Waals surface area contributed by atoms with Crippen LogP contribution in [0.15, 0.2) is 0 Å². The van der Waals surface area contributed by atoms with Gasteiger partial charge in [-0.1, -0.05) is 0 Å². The Morgan fingerprint density at radius 1 is 0.370 bits per heavy atom. The van der Waals surface area contributed by atoms with Gasteiger partial charge >= 0.3 is 11.9 Å². The molecule has 0 fully saturated rings. The first kappa shape index (κ1) is 44.5. The van der Waals surface area contributed by atoms with Gasteiger partial charge in [0.2, 0.25) is 0 Å². The van der Waals surface area contributed by atoms with E-state index >= 15 is 0 Å². The molecule has 0 aliphatic heterocycles. The van der Waals surface area contributed by atoms with Gasteiger partial charge in [-0.3, -0.25) is 9.59 Å². The summed E-state index contributed by atoms with van der Waals surface area (Å²) in [4.78, 5) is 21.9. The zero-order chi connectivity index (χ0) is 33.4. The van der Waals surface area contributed by atoms with Crippen molar-refractivity contribution in [1.29, 1.82) is 0 Å². The summed E-state index contributed by atoms with van der Waals surface area (Å²) in [6.45, 7) is 11.2. The van der Waals surface area contributed by atoms with Gasteiger partial charge in [-0.15, -0.1) is 0 Å². The molecule has 0 amide bonds. The van der Waals surface area contributed by atoms with Crippen molar-refractivity contribution in [2.45, 2.75) is 25.7 Å². The van der Waals surface area contributed by atoms with Crippen LogP contribution < -0.4 is 5.73 Å². The Bertz CT molecular complexity index is 633. The normalized spacial score (nSPS) is 11.3. The summed E-state index contributed by atoms with van der Waals surface area (Å²) >= 11 is 0. The van der Waals surface area contributed by atoms with E-state index in [1.165, 1.54) is 0 Å². The van der Waals surface area contributed by atoms with Crippen LogP contribution in [0.3, 0.4) is 0 Å². The Hall–Kier alpha value is -1.54. The summed E-state index contributed by atoms with van der Waals surface area (Å²) in [6, 6.07) is 0. The molecule has 0 aliphatic carbocycles. The number of aliphatic carboxylic acids is 1. The minimum Gasteiger partial charge on any atom is -0.481 e. The van der Waals surface area contributed by atoms with Crippen LogP contribution >= 0.6 is 0 Å². The molecule has 16 heteroatoms. The van der Waals surface area contributed by atoms with Crippen molar-refractivity contribution in [3.63, 3.8) is 0 Å². The van der Waals surface area contributed by atoms with Gasteiger partial charge in [0.05, 0.1) is 145 Å². The second-order valence-corrected chi connectivity index (χ2v) is 9.35. The Kier molecular flexibility index (Phi) is 38.3. The molecule has 0 aromatic heterocycles. The van der Waals surface area contributed by atoms with E-state index in [9.17, 15) is 9.59 Å². The number of carbonyl (C=O) groups is 2. The number of ether oxygens (including phenoxy) is 12. The largest absolute Gasteiger partial charge is 0.481 e. The highest BCUT2D eigenvalue weighted by atomic mass is 16.6. The summed E-state index contributed by atoms with van der Waals surface area (Å²) in [5.74, 6) is -1.21. The third-order valence-corrected chi connectivity index (χ3v) is 5.49. The van der Waals surface area contributed by atoms with Crippen LogP contribution in [0.4, 0.5) is 0 Å². The molecule has 274 valence electrons. The van der Waals surface area contributed by atoms with Crippen molar-refractivity contribution in [1.82, 2.24) is 0 Å². The third kappa shape index (κ3) is 40.5. The number of esters is 1. The van der Waals surface area contributed by atoms with Crippen molar-refractivity contribution in [3.05, 3.63) is 0 Å². The van der Waals surface area contributed by atoms with E-state index in [1.807, 2.05) is 0 Å². The summed E-state index contributed by atoms with van der Waals surface area (Å²) in [5, 5.41) is 8.54. The minimum absolute atomic E-state index is 0.0595. The highest BCUT2D eigenvalue weighted by Gasteiger charge is 2.04. The van der Waals surface area contributed by atoms with Crippen LogP contribution in [0.2, 0.25) is 0 Å². The molecular formula is C30H59NO15. The first-order valence-electron chi connectivity index (χ1n) is 16.1. The van der Waals surface area contributed by atoms with Crippen molar-refractivity contribution >= 4 is 11.9 Å². The molecule has 0 bridgehead atoms. The Labute approximate surface area is 273 Å². The van der Waals surface area contributed by atoms with Gasteiger partial charge in [0.1, 0.15) is 6.61 Å². The minimum atomic E-state index is -0.864. The molecule has 16 nitrogen and oxygen atoms in total. The highest BCUT2D eigenvalue weighted by Crippen LogP contribution is 2.01. The summed E-state index contributed by atoms with van der Waals surface area (Å²) in [7, 11) is 0. The Morgan fingerprint density at radius 3 is 0.870 bits per heavy atom. The van der Waals surface area contributed by atoms with Crippen molar-refractivity contribution in [3.8, 4) is 0 Å². The lowest BCUT2D eigenvalue weighted by molar-refractivity contribution is -0.146. The quantitative estimate of drug-likeness (QED) is 0.0667. The molecule has 0 saturated carbocycles. The number of hydrogen-bond acceptors (Lipinski definition) is 15. The number of carboxylic acids is 1. The molecule has 0 aromatic carbocycles. The zero-order valence-electron chi connectivity index (χ0n) is 27.5. The van der Waals surface area contributed by atoms with Crippen molar-refractivity contribution in [2.24, 2.45) is 5.73 Å². The maximum Gasteiger partial charge on any atom is 0.305 e. The van der Waals surface area contributed by atoms with Gasteiger partial charge in [-0.05, 0) is 12.8 Å². The maximum atomic E-state index is 11.5. The van der Waals surface area contributed by atoms with Crippen molar-refractivity contribution in [2.75, 3.05) is 159 Å². The maximum absolute atomic E-state index is 11.5. The van der Waals surface area contributed by atoms with Gasteiger partial charge < -0.3 is 67.7 Å². The second kappa shape index (κ2) is 39.6. The number of carboxylic acid groups (broad SMARTS) is 1. The standard InChI is InChI=1S/C30H59NO15/c31-5-6-35-7-8-36-9-10-37-11-12-38-13-14-39-15-16-40-17-18-41-19-20-42-21-22-43-23-24-44-25-26-45-27-28-46-30(34)4-2-1-3-29(32)33/h1-28,31H2,(H,32,33). The van der Waals surface area contributed by atoms with Crippen LogP contribution in [0.5, 0.6) is 0 Å². The third-order valence-electron chi connectivity index (χ3n) is 5.49. The van der Waals surface area contributed by atoms with E-state index in [0.29, 0.717) is 158 Å². The fourth-order valence-electron chi connectivity index (χ4n) is 3.22. The van der Waals surface area contributed by atoms with E-state index in [-0.39, 0.29) is 32.0 Å². The van der Waals surface area contributed by atoms with Crippen LogP contribution in [-0.2, 0) is 66.4 Å². The lowest BCUT2D eigenvalue weighted by Gasteiger charge is -2.09. The summed E-state index contributed by atoms with van der Waals surface area (Å²) in [5.41, 5.74) is 5.32. The van der Waals surface area contributed by atoms with Gasteiger partial charge in [-0.2, -0.15) is 0 Å². The van der Waals surface area contributed by atoms with E-state index in [1.54, 1.807) is 0 Å². The number of hydrogen-bond donors (Lipinski definition) is 2. The molecule has 0 spiro atoms. The molecule has 0 heterocycles. The first-order valence-corrected chi connectivity index (χ1v) is 16.1. The van der Waals surface area contributed by atoms with Crippen LogP contribution in [0.1, 0.15) is 25.7 Å². The topological polar surface area (TPSA) is 191 Å². The van der Waals surface area contributed by atoms with E-state index in [4.69, 9.17) is 67.7 Å². The molecular weight excluding hydrogens is 614 g/mol. The monoisotopic (exact) mass is 673 g/mol. The van der Waals surface area contributed by atoms with Gasteiger partial charge in [0.15, 0.2) is 0 Å². The SMILES string of the molecule is NCCOCCOCCOCCOCCOCCOCCOCCOCCOCCOCCOCCOC(=O)CCCCC(=O)O. The number of carbonyl (C=O) groups excluding carboxylic acids is 1.